The summed E-state index contributed by atoms with van der Waals surface area (Å²) in [5.41, 5.74) is 0.864. The van der Waals surface area contributed by atoms with E-state index >= 15 is 0 Å². The Kier molecular flexibility index (Phi) is 10.6. The first-order valence-electron chi connectivity index (χ1n) is 9.95. The van der Waals surface area contributed by atoms with Gasteiger partial charge < -0.3 is 19.5 Å². The van der Waals surface area contributed by atoms with Crippen molar-refractivity contribution in [3.8, 4) is 11.5 Å². The number of nitro groups is 1. The summed E-state index contributed by atoms with van der Waals surface area (Å²) in [5, 5.41) is 13.1. The molecule has 13 heteroatoms. The van der Waals surface area contributed by atoms with Crippen molar-refractivity contribution in [3.63, 3.8) is 0 Å². The molecule has 0 aliphatic carbocycles. The number of hydrogen-bond acceptors (Lipinski definition) is 10. The largest absolute Gasteiger partial charge is 0.513 e. The van der Waals surface area contributed by atoms with Crippen LogP contribution >= 0.6 is 11.8 Å². The van der Waals surface area contributed by atoms with Crippen molar-refractivity contribution in [1.82, 2.24) is 5.32 Å². The fraction of sp³-hybridized carbons (Fsp3) is 0.333. The van der Waals surface area contributed by atoms with Crippen molar-refractivity contribution in [2.45, 2.75) is 5.75 Å². The number of thioether (sulfide) groups is 1. The Morgan fingerprint density at radius 2 is 1.68 bits per heavy atom. The summed E-state index contributed by atoms with van der Waals surface area (Å²) < 4.78 is 38.7. The van der Waals surface area contributed by atoms with Gasteiger partial charge in [-0.1, -0.05) is 12.1 Å². The minimum Gasteiger partial charge on any atom is -0.497 e. The van der Waals surface area contributed by atoms with Crippen LogP contribution in [0.15, 0.2) is 48.5 Å². The molecule has 1 N–H and O–H groups in total. The molecule has 184 valence electrons. The van der Waals surface area contributed by atoms with Crippen LogP contribution < -0.4 is 14.8 Å². The lowest BCUT2D eigenvalue weighted by Gasteiger charge is -2.08. The predicted octanol–water partition coefficient (Wildman–Crippen LogP) is 2.58. The monoisotopic (exact) mass is 512 g/mol. The number of carbonyl (C=O) groups is 2. The molecule has 1 amide bonds. The molecule has 34 heavy (non-hydrogen) atoms. The highest BCUT2D eigenvalue weighted by molar-refractivity contribution is 7.99. The van der Waals surface area contributed by atoms with Crippen LogP contribution in [0.5, 0.6) is 11.5 Å². The lowest BCUT2D eigenvalue weighted by Crippen LogP contribution is -2.31. The van der Waals surface area contributed by atoms with E-state index in [0.29, 0.717) is 5.75 Å². The van der Waals surface area contributed by atoms with Gasteiger partial charge in [-0.3, -0.25) is 14.9 Å². The summed E-state index contributed by atoms with van der Waals surface area (Å²) in [6, 6.07) is 12.2. The zero-order chi connectivity index (χ0) is 25.0. The Hall–Kier alpha value is -3.32. The molecular formula is C21H24N2O9S2. The summed E-state index contributed by atoms with van der Waals surface area (Å²) >= 11 is 1.40. The van der Waals surface area contributed by atoms with Gasteiger partial charge in [0.1, 0.15) is 18.1 Å². The summed E-state index contributed by atoms with van der Waals surface area (Å²) in [7, 11) is -1.99. The highest BCUT2D eigenvalue weighted by Gasteiger charge is 2.15. The van der Waals surface area contributed by atoms with Crippen molar-refractivity contribution in [1.29, 1.82) is 0 Å². The smallest absolute Gasteiger partial charge is 0.497 e. The normalized spacial score (nSPS) is 10.9. The highest BCUT2D eigenvalue weighted by Crippen LogP contribution is 2.18. The van der Waals surface area contributed by atoms with E-state index in [0.717, 1.165) is 23.4 Å². The van der Waals surface area contributed by atoms with Gasteiger partial charge in [0.15, 0.2) is 9.84 Å². The van der Waals surface area contributed by atoms with Crippen LogP contribution in [0.3, 0.4) is 0 Å². The average Bonchev–Trinajstić information content (AvgIpc) is 2.79. The number of nitrogens with zero attached hydrogens (tertiary/aromatic N) is 1. The van der Waals surface area contributed by atoms with Gasteiger partial charge in [-0.05, 0) is 29.8 Å². The van der Waals surface area contributed by atoms with Gasteiger partial charge in [0.05, 0.1) is 29.3 Å². The number of benzene rings is 2. The molecule has 2 aromatic rings. The lowest BCUT2D eigenvalue weighted by atomic mass is 10.2. The lowest BCUT2D eigenvalue weighted by molar-refractivity contribution is -0.384. The van der Waals surface area contributed by atoms with Gasteiger partial charge >= 0.3 is 6.16 Å². The molecule has 0 saturated carbocycles. The third-order valence-electron chi connectivity index (χ3n) is 4.26. The molecule has 11 nitrogen and oxygen atoms in total. The van der Waals surface area contributed by atoms with E-state index in [4.69, 9.17) is 14.2 Å². The van der Waals surface area contributed by atoms with E-state index in [9.17, 15) is 28.1 Å². The van der Waals surface area contributed by atoms with Crippen molar-refractivity contribution in [2.75, 3.05) is 37.5 Å². The van der Waals surface area contributed by atoms with Gasteiger partial charge in [0.25, 0.3) is 5.69 Å². The number of carbonyl (C=O) groups excluding carboxylic acids is 2. The zero-order valence-electron chi connectivity index (χ0n) is 18.3. The first-order valence-corrected chi connectivity index (χ1v) is 12.9. The fourth-order valence-electron chi connectivity index (χ4n) is 2.50. The standard InChI is InChI=1S/C21H24N2O9S2/c1-30-18-6-2-16(3-7-18)14-33-15-20(24)22-10-12-34(28,29)13-11-31-21(25)32-19-8-4-17(5-9-19)23(26)27/h2-9H,10-15H2,1H3,(H,22,24). The molecule has 0 aliphatic heterocycles. The molecule has 0 unspecified atom stereocenters. The van der Waals surface area contributed by atoms with E-state index in [-0.39, 0.29) is 35.4 Å². The SMILES string of the molecule is COc1ccc(CSCC(=O)NCCS(=O)(=O)CCOC(=O)Oc2ccc([N+](=O)[O-])cc2)cc1. The van der Waals surface area contributed by atoms with Crippen LogP contribution in [-0.2, 0) is 25.1 Å². The summed E-state index contributed by atoms with van der Waals surface area (Å²) in [6.07, 6.45) is -1.13. The number of nitrogens with one attached hydrogen (secondary N) is 1. The number of ether oxygens (including phenoxy) is 3. The Bertz CT molecular complexity index is 1070. The predicted molar refractivity (Wildman–Crippen MR) is 126 cm³/mol. The maximum absolute atomic E-state index is 12.0. The van der Waals surface area contributed by atoms with E-state index in [2.05, 4.69) is 5.32 Å². The Labute approximate surface area is 200 Å². The minimum atomic E-state index is -3.57. The van der Waals surface area contributed by atoms with Crippen molar-refractivity contribution in [3.05, 3.63) is 64.2 Å². The van der Waals surface area contributed by atoms with Crippen molar-refractivity contribution in [2.24, 2.45) is 0 Å². The number of hydrogen-bond donors (Lipinski definition) is 1. The molecule has 2 aromatic carbocycles. The molecule has 0 fully saturated rings. The molecular weight excluding hydrogens is 488 g/mol. The quantitative estimate of drug-likeness (QED) is 0.183. The zero-order valence-corrected chi connectivity index (χ0v) is 19.9. The van der Waals surface area contributed by atoms with Crippen LogP contribution in [0.1, 0.15) is 5.56 Å². The number of rotatable bonds is 13. The number of sulfone groups is 1. The van der Waals surface area contributed by atoms with Gasteiger partial charge in [-0.25, -0.2) is 13.2 Å². The van der Waals surface area contributed by atoms with Gasteiger partial charge in [0, 0.05) is 24.4 Å². The molecule has 0 atom stereocenters. The number of methoxy groups -OCH3 is 1. The first-order chi connectivity index (χ1) is 16.2. The van der Waals surface area contributed by atoms with E-state index < -0.39 is 33.3 Å². The minimum absolute atomic E-state index is 0.0195. The van der Waals surface area contributed by atoms with Crippen molar-refractivity contribution < 1.29 is 37.1 Å². The first kappa shape index (κ1) is 26.9. The van der Waals surface area contributed by atoms with Crippen molar-refractivity contribution >= 4 is 39.3 Å². The third kappa shape index (κ3) is 10.1. The Morgan fingerprint density at radius 1 is 1.03 bits per heavy atom. The van der Waals surface area contributed by atoms with E-state index in [1.54, 1.807) is 7.11 Å². The summed E-state index contributed by atoms with van der Waals surface area (Å²) in [6.45, 7) is -0.489. The molecule has 0 radical (unpaired) electrons. The van der Waals surface area contributed by atoms with Gasteiger partial charge in [-0.2, -0.15) is 0 Å². The van der Waals surface area contributed by atoms with Crippen LogP contribution in [0, 0.1) is 10.1 Å². The Balaban J connectivity index is 1.59. The molecule has 0 saturated heterocycles. The van der Waals surface area contributed by atoms with Crippen LogP contribution in [0.25, 0.3) is 0 Å². The number of nitro benzene ring substituents is 1. The van der Waals surface area contributed by atoms with Crippen LogP contribution in [-0.4, -0.2) is 62.9 Å². The molecule has 0 aliphatic rings. The summed E-state index contributed by atoms with van der Waals surface area (Å²) in [4.78, 5) is 33.5. The molecule has 0 bridgehead atoms. The molecule has 2 rings (SSSR count). The topological polar surface area (TPSA) is 151 Å². The maximum Gasteiger partial charge on any atom is 0.513 e. The maximum atomic E-state index is 12.0. The average molecular weight is 513 g/mol. The number of non-ortho nitro benzene ring substituents is 1. The van der Waals surface area contributed by atoms with Crippen LogP contribution in [0.4, 0.5) is 10.5 Å². The van der Waals surface area contributed by atoms with Crippen LogP contribution in [0.2, 0.25) is 0 Å². The number of amides is 1. The fourth-order valence-corrected chi connectivity index (χ4v) is 4.27. The second-order valence-corrected chi connectivity index (χ2v) is 10.1. The van der Waals surface area contributed by atoms with E-state index in [1.807, 2.05) is 24.3 Å². The summed E-state index contributed by atoms with van der Waals surface area (Å²) in [5.74, 6) is 0.557. The second kappa shape index (κ2) is 13.4. The molecule has 0 spiro atoms. The van der Waals surface area contributed by atoms with E-state index in [1.165, 1.54) is 23.9 Å². The van der Waals surface area contributed by atoms with Gasteiger partial charge in [0.2, 0.25) is 5.91 Å². The Morgan fingerprint density at radius 3 is 2.29 bits per heavy atom. The third-order valence-corrected chi connectivity index (χ3v) is 6.88. The second-order valence-electron chi connectivity index (χ2n) is 6.79. The molecule has 0 aromatic heterocycles. The highest BCUT2D eigenvalue weighted by atomic mass is 32.2. The molecule has 0 heterocycles. The van der Waals surface area contributed by atoms with Gasteiger partial charge in [-0.15, -0.1) is 11.8 Å².